The molecule has 3 aromatic rings. The van der Waals surface area contributed by atoms with Gasteiger partial charge in [0, 0.05) is 30.6 Å². The summed E-state index contributed by atoms with van der Waals surface area (Å²) in [6.07, 6.45) is 2.00. The van der Waals surface area contributed by atoms with Crippen molar-refractivity contribution in [3.8, 4) is 5.75 Å². The number of hydrogen-bond donors (Lipinski definition) is 3. The van der Waals surface area contributed by atoms with E-state index in [0.29, 0.717) is 11.4 Å². The van der Waals surface area contributed by atoms with E-state index in [1.54, 1.807) is 19.2 Å². The lowest BCUT2D eigenvalue weighted by Gasteiger charge is -2.35. The van der Waals surface area contributed by atoms with Crippen molar-refractivity contribution in [1.82, 2.24) is 10.3 Å². The number of anilines is 4. The standard InChI is InChI=1S/C22H25F2N5O3S2/c1-25-14-4-3-7-29(11-14)20-8-15(32-2)5-6-19(20)27-22-17(23)9-16(10-18(22)24)34(30,31)28-21-12-33-13-26-21/h5-6,8-10,12-14,25,27-28H,3-4,7,11H2,1-2H3. The van der Waals surface area contributed by atoms with Crippen molar-refractivity contribution in [2.45, 2.75) is 23.8 Å². The van der Waals surface area contributed by atoms with Gasteiger partial charge in [0.05, 0.1) is 28.9 Å². The van der Waals surface area contributed by atoms with Crippen LogP contribution in [0.15, 0.2) is 46.1 Å². The topological polar surface area (TPSA) is 95.6 Å². The number of hydrogen-bond acceptors (Lipinski definition) is 8. The third-order valence-electron chi connectivity index (χ3n) is 5.63. The number of thiazole rings is 1. The van der Waals surface area contributed by atoms with Crippen LogP contribution >= 0.6 is 11.3 Å². The molecule has 0 spiro atoms. The van der Waals surface area contributed by atoms with Crippen LogP contribution < -0.4 is 25.0 Å². The van der Waals surface area contributed by atoms with Gasteiger partial charge in [-0.2, -0.15) is 0 Å². The second kappa shape index (κ2) is 10.1. The van der Waals surface area contributed by atoms with Gasteiger partial charge in [0.2, 0.25) is 0 Å². The summed E-state index contributed by atoms with van der Waals surface area (Å²) in [5.41, 5.74) is 2.22. The van der Waals surface area contributed by atoms with Crippen LogP contribution in [0.3, 0.4) is 0 Å². The van der Waals surface area contributed by atoms with Crippen LogP contribution in [0.25, 0.3) is 0 Å². The number of sulfonamides is 1. The van der Waals surface area contributed by atoms with Crippen LogP contribution in [0.2, 0.25) is 0 Å². The third kappa shape index (κ3) is 5.24. The number of benzene rings is 2. The highest BCUT2D eigenvalue weighted by Gasteiger charge is 2.24. The number of nitrogens with one attached hydrogen (secondary N) is 3. The molecule has 0 amide bonds. The summed E-state index contributed by atoms with van der Waals surface area (Å²) in [7, 11) is -0.749. The first kappa shape index (κ1) is 24.2. The molecule has 1 saturated heterocycles. The molecule has 2 aromatic carbocycles. The molecule has 8 nitrogen and oxygen atoms in total. The van der Waals surface area contributed by atoms with E-state index in [9.17, 15) is 17.2 Å². The number of halogens is 2. The fourth-order valence-electron chi connectivity index (χ4n) is 3.86. The van der Waals surface area contributed by atoms with E-state index in [1.165, 1.54) is 22.2 Å². The molecular formula is C22H25F2N5O3S2. The molecule has 1 aromatic heterocycles. The lowest BCUT2D eigenvalue weighted by atomic mass is 10.0. The maximum atomic E-state index is 15.0. The van der Waals surface area contributed by atoms with Crippen LogP contribution in [0, 0.1) is 11.6 Å². The van der Waals surface area contributed by atoms with Crippen LogP contribution in [0.4, 0.5) is 31.7 Å². The first-order chi connectivity index (χ1) is 16.3. The molecule has 1 unspecified atom stereocenters. The fourth-order valence-corrected chi connectivity index (χ4v) is 5.44. The molecule has 4 rings (SSSR count). The third-order valence-corrected chi connectivity index (χ3v) is 7.55. The Labute approximate surface area is 201 Å². The summed E-state index contributed by atoms with van der Waals surface area (Å²) in [5.74, 6) is -1.38. The first-order valence-corrected chi connectivity index (χ1v) is 13.0. The van der Waals surface area contributed by atoms with E-state index >= 15 is 0 Å². The van der Waals surface area contributed by atoms with E-state index in [-0.39, 0.29) is 11.9 Å². The van der Waals surface area contributed by atoms with Gasteiger partial charge in [-0.1, -0.05) is 0 Å². The first-order valence-electron chi connectivity index (χ1n) is 10.6. The molecular weight excluding hydrogens is 484 g/mol. The lowest BCUT2D eigenvalue weighted by molar-refractivity contribution is 0.413. The van der Waals surface area contributed by atoms with Gasteiger partial charge in [0.15, 0.2) is 17.5 Å². The molecule has 1 atom stereocenters. The van der Waals surface area contributed by atoms with E-state index in [4.69, 9.17) is 4.74 Å². The SMILES string of the molecule is CNC1CCCN(c2cc(OC)ccc2Nc2c(F)cc(S(=O)(=O)Nc3cscn3)cc2F)C1. The highest BCUT2D eigenvalue weighted by molar-refractivity contribution is 7.92. The zero-order valence-corrected chi connectivity index (χ0v) is 20.3. The average molecular weight is 510 g/mol. The van der Waals surface area contributed by atoms with Crippen LogP contribution in [-0.2, 0) is 10.0 Å². The number of ether oxygens (including phenoxy) is 1. The van der Waals surface area contributed by atoms with Crippen molar-refractivity contribution in [2.24, 2.45) is 0 Å². The van der Waals surface area contributed by atoms with Crippen LogP contribution in [0.5, 0.6) is 5.75 Å². The Balaban J connectivity index is 1.65. The van der Waals surface area contributed by atoms with E-state index < -0.39 is 32.2 Å². The minimum Gasteiger partial charge on any atom is -0.497 e. The zero-order valence-electron chi connectivity index (χ0n) is 18.6. The minimum atomic E-state index is -4.21. The van der Waals surface area contributed by atoms with E-state index in [1.807, 2.05) is 13.1 Å². The molecule has 182 valence electrons. The number of nitrogens with zero attached hydrogens (tertiary/aromatic N) is 2. The maximum absolute atomic E-state index is 15.0. The number of aromatic nitrogens is 1. The van der Waals surface area contributed by atoms with Gasteiger partial charge in [-0.25, -0.2) is 22.2 Å². The van der Waals surface area contributed by atoms with Crippen LogP contribution in [-0.4, -0.2) is 46.7 Å². The Bertz CT molecular complexity index is 1230. The molecule has 2 heterocycles. The van der Waals surface area contributed by atoms with Crippen LogP contribution in [0.1, 0.15) is 12.8 Å². The normalized spacial score (nSPS) is 16.4. The second-order valence-corrected chi connectivity index (χ2v) is 10.2. The van der Waals surface area contributed by atoms with Gasteiger partial charge < -0.3 is 20.3 Å². The smallest absolute Gasteiger partial charge is 0.263 e. The van der Waals surface area contributed by atoms with Gasteiger partial charge in [-0.05, 0) is 44.2 Å². The highest BCUT2D eigenvalue weighted by atomic mass is 32.2. The number of likely N-dealkylation sites (N-methyl/N-ethyl adjacent to an activating group) is 1. The molecule has 1 fully saturated rings. The number of rotatable bonds is 8. The minimum absolute atomic E-state index is 0.0808. The van der Waals surface area contributed by atoms with E-state index in [2.05, 4.69) is 25.2 Å². The highest BCUT2D eigenvalue weighted by Crippen LogP contribution is 2.36. The Morgan fingerprint density at radius 3 is 2.62 bits per heavy atom. The molecule has 3 N–H and O–H groups in total. The van der Waals surface area contributed by atoms with Gasteiger partial charge in [-0.15, -0.1) is 11.3 Å². The Morgan fingerprint density at radius 2 is 1.97 bits per heavy atom. The second-order valence-electron chi connectivity index (χ2n) is 7.82. The summed E-state index contributed by atoms with van der Waals surface area (Å²) in [4.78, 5) is 5.42. The largest absolute Gasteiger partial charge is 0.497 e. The van der Waals surface area contributed by atoms with E-state index in [0.717, 1.165) is 43.8 Å². The quantitative estimate of drug-likeness (QED) is 0.420. The predicted molar refractivity (Wildman–Crippen MR) is 130 cm³/mol. The average Bonchev–Trinajstić information content (AvgIpc) is 3.33. The molecule has 0 saturated carbocycles. The summed E-state index contributed by atoms with van der Waals surface area (Å²) in [6, 6.07) is 7.04. The Kier molecular flexibility index (Phi) is 7.19. The summed E-state index contributed by atoms with van der Waals surface area (Å²) >= 11 is 1.19. The summed E-state index contributed by atoms with van der Waals surface area (Å²) in [5, 5.41) is 7.57. The monoisotopic (exact) mass is 509 g/mol. The van der Waals surface area contributed by atoms with Gasteiger partial charge >= 0.3 is 0 Å². The zero-order chi connectivity index (χ0) is 24.3. The summed E-state index contributed by atoms with van der Waals surface area (Å²) in [6.45, 7) is 1.51. The molecule has 0 radical (unpaired) electrons. The molecule has 34 heavy (non-hydrogen) atoms. The molecule has 12 heteroatoms. The fraction of sp³-hybridized carbons (Fsp3) is 0.318. The predicted octanol–water partition coefficient (Wildman–Crippen LogP) is 4.16. The Morgan fingerprint density at radius 1 is 1.21 bits per heavy atom. The van der Waals surface area contributed by atoms with Gasteiger partial charge in [0.1, 0.15) is 11.4 Å². The molecule has 1 aliphatic heterocycles. The van der Waals surface area contributed by atoms with Crippen molar-refractivity contribution < 1.29 is 21.9 Å². The van der Waals surface area contributed by atoms with Crippen molar-refractivity contribution in [2.75, 3.05) is 42.2 Å². The van der Waals surface area contributed by atoms with Gasteiger partial charge in [-0.3, -0.25) is 4.72 Å². The molecule has 1 aliphatic rings. The molecule has 0 bridgehead atoms. The number of piperidine rings is 1. The maximum Gasteiger partial charge on any atom is 0.263 e. The lowest BCUT2D eigenvalue weighted by Crippen LogP contribution is -2.44. The Hall–Kier alpha value is -2.96. The van der Waals surface area contributed by atoms with Crippen molar-refractivity contribution in [3.63, 3.8) is 0 Å². The molecule has 0 aliphatic carbocycles. The summed E-state index contributed by atoms with van der Waals surface area (Å²) < 4.78 is 62.6. The van der Waals surface area contributed by atoms with Crippen molar-refractivity contribution in [3.05, 3.63) is 52.9 Å². The van der Waals surface area contributed by atoms with Crippen molar-refractivity contribution in [1.29, 1.82) is 0 Å². The van der Waals surface area contributed by atoms with Crippen molar-refractivity contribution >= 4 is 44.2 Å². The number of methoxy groups -OCH3 is 1. The van der Waals surface area contributed by atoms with Gasteiger partial charge in [0.25, 0.3) is 10.0 Å².